The maximum absolute atomic E-state index is 12.1. The normalized spacial score (nSPS) is 12.4. The standard InChI is InChI=1S/C15H17NO5/c1-8(2)13(15(18)19)16-14(17)12-6-9-4-5-10(20-3)7-11(9)21-12/h4-8,13H,1-3H3,(H,16,17)(H,18,19). The van der Waals surface area contributed by atoms with Crippen molar-refractivity contribution in [1.29, 1.82) is 0 Å². The third-order valence-corrected chi connectivity index (χ3v) is 3.17. The van der Waals surface area contributed by atoms with Crippen molar-refractivity contribution in [2.75, 3.05) is 7.11 Å². The van der Waals surface area contributed by atoms with Crippen molar-refractivity contribution in [3.63, 3.8) is 0 Å². The van der Waals surface area contributed by atoms with Gasteiger partial charge in [-0.3, -0.25) is 4.79 Å². The number of rotatable bonds is 5. The smallest absolute Gasteiger partial charge is 0.326 e. The summed E-state index contributed by atoms with van der Waals surface area (Å²) >= 11 is 0. The first-order valence-electron chi connectivity index (χ1n) is 6.53. The molecular weight excluding hydrogens is 274 g/mol. The Hall–Kier alpha value is -2.50. The minimum absolute atomic E-state index is 0.0742. The van der Waals surface area contributed by atoms with Gasteiger partial charge in [0.25, 0.3) is 5.91 Å². The van der Waals surface area contributed by atoms with Gasteiger partial charge in [0.15, 0.2) is 5.76 Å². The minimum Gasteiger partial charge on any atom is -0.497 e. The number of carboxylic acid groups (broad SMARTS) is 1. The Morgan fingerprint density at radius 1 is 1.29 bits per heavy atom. The number of amides is 1. The topological polar surface area (TPSA) is 88.8 Å². The molecule has 0 saturated carbocycles. The number of ether oxygens (including phenoxy) is 1. The zero-order valence-corrected chi connectivity index (χ0v) is 12.0. The Kier molecular flexibility index (Phi) is 4.16. The number of hydrogen-bond acceptors (Lipinski definition) is 4. The highest BCUT2D eigenvalue weighted by atomic mass is 16.5. The van der Waals surface area contributed by atoms with E-state index in [0.29, 0.717) is 11.3 Å². The summed E-state index contributed by atoms with van der Waals surface area (Å²) in [4.78, 5) is 23.2. The number of furan rings is 1. The zero-order valence-electron chi connectivity index (χ0n) is 12.0. The number of carboxylic acids is 1. The van der Waals surface area contributed by atoms with E-state index in [4.69, 9.17) is 14.3 Å². The van der Waals surface area contributed by atoms with Gasteiger partial charge in [0, 0.05) is 11.5 Å². The fourth-order valence-electron chi connectivity index (χ4n) is 1.98. The van der Waals surface area contributed by atoms with Gasteiger partial charge in [-0.25, -0.2) is 4.79 Å². The fraction of sp³-hybridized carbons (Fsp3) is 0.333. The molecule has 1 amide bonds. The van der Waals surface area contributed by atoms with Gasteiger partial charge in [-0.05, 0) is 24.1 Å². The molecule has 1 heterocycles. The lowest BCUT2D eigenvalue weighted by molar-refractivity contribution is -0.140. The SMILES string of the molecule is COc1ccc2cc(C(=O)NC(C(=O)O)C(C)C)oc2c1. The summed E-state index contributed by atoms with van der Waals surface area (Å²) in [6.45, 7) is 3.45. The lowest BCUT2D eigenvalue weighted by Gasteiger charge is -2.16. The highest BCUT2D eigenvalue weighted by Crippen LogP contribution is 2.24. The van der Waals surface area contributed by atoms with Crippen LogP contribution in [0.3, 0.4) is 0 Å². The van der Waals surface area contributed by atoms with Crippen LogP contribution in [0.4, 0.5) is 0 Å². The van der Waals surface area contributed by atoms with E-state index < -0.39 is 17.9 Å². The van der Waals surface area contributed by atoms with E-state index in [-0.39, 0.29) is 11.7 Å². The predicted molar refractivity (Wildman–Crippen MR) is 76.5 cm³/mol. The molecule has 0 bridgehead atoms. The summed E-state index contributed by atoms with van der Waals surface area (Å²) < 4.78 is 10.5. The van der Waals surface area contributed by atoms with Gasteiger partial charge in [0.1, 0.15) is 17.4 Å². The zero-order chi connectivity index (χ0) is 15.6. The molecule has 0 spiro atoms. The van der Waals surface area contributed by atoms with Gasteiger partial charge in [-0.2, -0.15) is 0 Å². The highest BCUT2D eigenvalue weighted by molar-refractivity contribution is 5.98. The number of nitrogens with one attached hydrogen (secondary N) is 1. The molecule has 0 aliphatic carbocycles. The van der Waals surface area contributed by atoms with Crippen molar-refractivity contribution in [3.05, 3.63) is 30.0 Å². The lowest BCUT2D eigenvalue weighted by Crippen LogP contribution is -2.44. The second kappa shape index (κ2) is 5.87. The average Bonchev–Trinajstić information content (AvgIpc) is 2.86. The van der Waals surface area contributed by atoms with Crippen molar-refractivity contribution in [1.82, 2.24) is 5.32 Å². The minimum atomic E-state index is -1.07. The monoisotopic (exact) mass is 291 g/mol. The Morgan fingerprint density at radius 3 is 2.57 bits per heavy atom. The molecule has 0 saturated heterocycles. The number of benzene rings is 1. The van der Waals surface area contributed by atoms with E-state index in [0.717, 1.165) is 5.39 Å². The van der Waals surface area contributed by atoms with Gasteiger partial charge in [-0.1, -0.05) is 13.8 Å². The molecule has 6 heteroatoms. The molecule has 1 aromatic carbocycles. The van der Waals surface area contributed by atoms with Crippen LogP contribution in [-0.4, -0.2) is 30.1 Å². The Labute approximate surface area is 121 Å². The third-order valence-electron chi connectivity index (χ3n) is 3.17. The van der Waals surface area contributed by atoms with E-state index in [9.17, 15) is 9.59 Å². The number of methoxy groups -OCH3 is 1. The second-order valence-corrected chi connectivity index (χ2v) is 5.05. The van der Waals surface area contributed by atoms with Crippen LogP contribution in [0.25, 0.3) is 11.0 Å². The number of carbonyl (C=O) groups is 2. The summed E-state index contributed by atoms with van der Waals surface area (Å²) in [5.41, 5.74) is 0.510. The van der Waals surface area contributed by atoms with Gasteiger partial charge in [0.2, 0.25) is 0 Å². The van der Waals surface area contributed by atoms with E-state index in [1.807, 2.05) is 0 Å². The molecule has 0 fully saturated rings. The predicted octanol–water partition coefficient (Wildman–Crippen LogP) is 2.28. The number of hydrogen-bond donors (Lipinski definition) is 2. The molecule has 0 radical (unpaired) electrons. The van der Waals surface area contributed by atoms with Crippen LogP contribution in [0.15, 0.2) is 28.7 Å². The van der Waals surface area contributed by atoms with Gasteiger partial charge in [-0.15, -0.1) is 0 Å². The van der Waals surface area contributed by atoms with Gasteiger partial charge in [0.05, 0.1) is 7.11 Å². The van der Waals surface area contributed by atoms with E-state index >= 15 is 0 Å². The molecule has 2 N–H and O–H groups in total. The lowest BCUT2D eigenvalue weighted by atomic mass is 10.0. The average molecular weight is 291 g/mol. The highest BCUT2D eigenvalue weighted by Gasteiger charge is 2.25. The molecule has 0 aliphatic rings. The van der Waals surface area contributed by atoms with E-state index in [1.165, 1.54) is 7.11 Å². The van der Waals surface area contributed by atoms with Gasteiger partial charge < -0.3 is 19.6 Å². The largest absolute Gasteiger partial charge is 0.497 e. The summed E-state index contributed by atoms with van der Waals surface area (Å²) in [6.07, 6.45) is 0. The van der Waals surface area contributed by atoms with E-state index in [2.05, 4.69) is 5.32 Å². The summed E-state index contributed by atoms with van der Waals surface area (Å²) in [7, 11) is 1.54. The first-order chi connectivity index (χ1) is 9.92. The van der Waals surface area contributed by atoms with Crippen LogP contribution in [0.2, 0.25) is 0 Å². The Balaban J connectivity index is 2.25. The molecular formula is C15H17NO5. The molecule has 2 aromatic rings. The first-order valence-corrected chi connectivity index (χ1v) is 6.53. The van der Waals surface area contributed by atoms with Crippen molar-refractivity contribution in [2.24, 2.45) is 5.92 Å². The molecule has 0 aliphatic heterocycles. The number of aliphatic carboxylic acids is 1. The Morgan fingerprint density at radius 2 is 2.00 bits per heavy atom. The molecule has 1 atom stereocenters. The Bertz CT molecular complexity index is 674. The van der Waals surface area contributed by atoms with Crippen LogP contribution >= 0.6 is 0 Å². The maximum Gasteiger partial charge on any atom is 0.326 e. The maximum atomic E-state index is 12.1. The van der Waals surface area contributed by atoms with Crippen molar-refractivity contribution < 1.29 is 23.8 Å². The molecule has 2 rings (SSSR count). The molecule has 1 aromatic heterocycles. The van der Waals surface area contributed by atoms with Crippen LogP contribution in [0.5, 0.6) is 5.75 Å². The summed E-state index contributed by atoms with van der Waals surface area (Å²) in [5, 5.41) is 12.3. The van der Waals surface area contributed by atoms with Crippen molar-refractivity contribution in [3.8, 4) is 5.75 Å². The number of carbonyl (C=O) groups excluding carboxylic acids is 1. The van der Waals surface area contributed by atoms with E-state index in [1.54, 1.807) is 38.1 Å². The van der Waals surface area contributed by atoms with Crippen LogP contribution < -0.4 is 10.1 Å². The second-order valence-electron chi connectivity index (χ2n) is 5.05. The third kappa shape index (κ3) is 3.16. The fourth-order valence-corrected chi connectivity index (χ4v) is 1.98. The molecule has 112 valence electrons. The van der Waals surface area contributed by atoms with Crippen molar-refractivity contribution in [2.45, 2.75) is 19.9 Å². The van der Waals surface area contributed by atoms with Crippen LogP contribution in [-0.2, 0) is 4.79 Å². The summed E-state index contributed by atoms with van der Waals surface area (Å²) in [6, 6.07) is 5.81. The number of fused-ring (bicyclic) bond motifs is 1. The van der Waals surface area contributed by atoms with Crippen LogP contribution in [0.1, 0.15) is 24.4 Å². The first kappa shape index (κ1) is 14.9. The van der Waals surface area contributed by atoms with Crippen LogP contribution in [0, 0.1) is 5.92 Å². The molecule has 6 nitrogen and oxygen atoms in total. The van der Waals surface area contributed by atoms with Gasteiger partial charge >= 0.3 is 5.97 Å². The molecule has 21 heavy (non-hydrogen) atoms. The summed E-state index contributed by atoms with van der Waals surface area (Å²) in [5.74, 6) is -1.15. The molecule has 1 unspecified atom stereocenters. The van der Waals surface area contributed by atoms with Crippen molar-refractivity contribution >= 4 is 22.8 Å². The quantitative estimate of drug-likeness (QED) is 0.882.